The van der Waals surface area contributed by atoms with Gasteiger partial charge in [0.1, 0.15) is 0 Å². The van der Waals surface area contributed by atoms with Gasteiger partial charge in [-0.05, 0) is 25.2 Å². The van der Waals surface area contributed by atoms with Crippen LogP contribution in [0.4, 0.5) is 0 Å². The Morgan fingerprint density at radius 1 is 0.957 bits per heavy atom. The molecule has 1 atom stereocenters. The molecule has 1 spiro atoms. The molecule has 2 rings (SSSR count). The van der Waals surface area contributed by atoms with Crippen LogP contribution in [-0.4, -0.2) is 11.7 Å². The topological polar surface area (TPSA) is 20.2 Å². The smallest absolute Gasteiger partial charge is 0.0462 e. The number of hydrogen-bond acceptors (Lipinski definition) is 1. The summed E-state index contributed by atoms with van der Waals surface area (Å²) in [6.07, 6.45) is 31.2. The molecule has 0 aromatic heterocycles. The highest BCUT2D eigenvalue weighted by atomic mass is 16.3. The Bertz CT molecular complexity index is 510. The van der Waals surface area contributed by atoms with Crippen molar-refractivity contribution in [3.05, 3.63) is 72.9 Å². The van der Waals surface area contributed by atoms with Crippen LogP contribution < -0.4 is 0 Å². The Kier molecular flexibility index (Phi) is 6.41. The van der Waals surface area contributed by atoms with E-state index in [0.29, 0.717) is 5.92 Å². The lowest BCUT2D eigenvalue weighted by molar-refractivity contribution is 0.224. The first-order chi connectivity index (χ1) is 11.2. The maximum atomic E-state index is 9.34. The summed E-state index contributed by atoms with van der Waals surface area (Å²) < 4.78 is 0. The molecule has 0 amide bonds. The van der Waals surface area contributed by atoms with Crippen LogP contribution in [0.25, 0.3) is 0 Å². The lowest BCUT2D eigenvalue weighted by Crippen LogP contribution is -2.20. The van der Waals surface area contributed by atoms with E-state index in [1.54, 1.807) is 0 Å². The zero-order valence-electron chi connectivity index (χ0n) is 14.5. The molecule has 0 aliphatic heterocycles. The largest absolute Gasteiger partial charge is 0.396 e. The highest BCUT2D eigenvalue weighted by Crippen LogP contribution is 2.39. The molecule has 1 N–H and O–H groups in total. The summed E-state index contributed by atoms with van der Waals surface area (Å²) in [4.78, 5) is 0. The molecule has 0 heterocycles. The van der Waals surface area contributed by atoms with Crippen LogP contribution in [0.5, 0.6) is 0 Å². The summed E-state index contributed by atoms with van der Waals surface area (Å²) >= 11 is 0. The van der Waals surface area contributed by atoms with Gasteiger partial charge in [0.2, 0.25) is 0 Å². The average molecular weight is 310 g/mol. The minimum Gasteiger partial charge on any atom is -0.396 e. The second-order valence-corrected chi connectivity index (χ2v) is 6.61. The fourth-order valence-electron chi connectivity index (χ4n) is 3.02. The summed E-state index contributed by atoms with van der Waals surface area (Å²) in [5, 5.41) is 9.34. The predicted octanol–water partition coefficient (Wildman–Crippen LogP) is 5.53. The quantitative estimate of drug-likeness (QED) is 0.613. The molecule has 23 heavy (non-hydrogen) atoms. The van der Waals surface area contributed by atoms with Gasteiger partial charge in [0.05, 0.1) is 0 Å². The van der Waals surface area contributed by atoms with E-state index in [1.807, 2.05) is 0 Å². The molecule has 0 saturated heterocycles. The molecule has 124 valence electrons. The standard InChI is InChI=1S/C22H30O/c1-3-5-11-21(14-9-10-20(4-2)19-23)15-17-22(18-16-21)12-7-6-8-13-22/h5,7-9,11-18,20,23H,3-4,6,10,19H2,1-2H3/b11-5-,14-9-. The first-order valence-electron chi connectivity index (χ1n) is 8.90. The first-order valence-corrected chi connectivity index (χ1v) is 8.90. The fourth-order valence-corrected chi connectivity index (χ4v) is 3.02. The van der Waals surface area contributed by atoms with E-state index in [0.717, 1.165) is 25.7 Å². The normalized spacial score (nSPS) is 22.6. The van der Waals surface area contributed by atoms with Crippen molar-refractivity contribution in [3.63, 3.8) is 0 Å². The van der Waals surface area contributed by atoms with Crippen molar-refractivity contribution in [2.24, 2.45) is 16.7 Å². The van der Waals surface area contributed by atoms with E-state index >= 15 is 0 Å². The number of aliphatic hydroxyl groups excluding tert-OH is 1. The Hall–Kier alpha value is -1.60. The molecule has 2 aliphatic rings. The third-order valence-corrected chi connectivity index (χ3v) is 4.76. The van der Waals surface area contributed by atoms with Gasteiger partial charge in [0.15, 0.2) is 0 Å². The molecular formula is C22H30O. The zero-order chi connectivity index (χ0) is 16.6. The van der Waals surface area contributed by atoms with Crippen molar-refractivity contribution in [3.8, 4) is 0 Å². The van der Waals surface area contributed by atoms with Gasteiger partial charge >= 0.3 is 0 Å². The van der Waals surface area contributed by atoms with E-state index in [9.17, 15) is 5.11 Å². The second kappa shape index (κ2) is 8.31. The Morgan fingerprint density at radius 3 is 2.17 bits per heavy atom. The van der Waals surface area contributed by atoms with Crippen LogP contribution in [-0.2, 0) is 0 Å². The van der Waals surface area contributed by atoms with Crippen LogP contribution in [0.3, 0.4) is 0 Å². The number of hydrogen-bond donors (Lipinski definition) is 1. The van der Waals surface area contributed by atoms with Crippen LogP contribution in [0, 0.1) is 16.7 Å². The number of rotatable bonds is 7. The molecular weight excluding hydrogens is 280 g/mol. The number of allylic oxidation sites excluding steroid dienone is 12. The van der Waals surface area contributed by atoms with Crippen LogP contribution in [0.15, 0.2) is 72.9 Å². The maximum absolute atomic E-state index is 9.34. The Morgan fingerprint density at radius 2 is 1.61 bits per heavy atom. The summed E-state index contributed by atoms with van der Waals surface area (Å²) in [6, 6.07) is 0. The highest BCUT2D eigenvalue weighted by Gasteiger charge is 2.27. The van der Waals surface area contributed by atoms with Crippen molar-refractivity contribution < 1.29 is 5.11 Å². The van der Waals surface area contributed by atoms with Crippen LogP contribution in [0.1, 0.15) is 39.5 Å². The minimum atomic E-state index is -0.131. The Labute approximate surface area is 141 Å². The van der Waals surface area contributed by atoms with Crippen molar-refractivity contribution in [1.82, 2.24) is 0 Å². The van der Waals surface area contributed by atoms with Gasteiger partial charge in [-0.1, -0.05) is 93.2 Å². The monoisotopic (exact) mass is 310 g/mol. The van der Waals surface area contributed by atoms with Crippen molar-refractivity contribution in [2.45, 2.75) is 39.5 Å². The van der Waals surface area contributed by atoms with Gasteiger partial charge in [-0.2, -0.15) is 0 Å². The van der Waals surface area contributed by atoms with Crippen molar-refractivity contribution in [1.29, 1.82) is 0 Å². The predicted molar refractivity (Wildman–Crippen MR) is 100 cm³/mol. The third kappa shape index (κ3) is 4.68. The lowest BCUT2D eigenvalue weighted by atomic mass is 9.73. The SMILES string of the molecule is CC/C=C\C1(/C=C\CC(CC)CO)C=CC2(C=CCC=C2)C=C1. The van der Waals surface area contributed by atoms with Gasteiger partial charge in [-0.3, -0.25) is 0 Å². The average Bonchev–Trinajstić information content (AvgIpc) is 2.60. The molecule has 0 bridgehead atoms. The Balaban J connectivity index is 2.17. The minimum absolute atomic E-state index is 0.0350. The summed E-state index contributed by atoms with van der Waals surface area (Å²) in [5.41, 5.74) is -0.166. The van der Waals surface area contributed by atoms with Crippen LogP contribution in [0.2, 0.25) is 0 Å². The molecule has 0 aromatic rings. The highest BCUT2D eigenvalue weighted by molar-refractivity contribution is 5.43. The molecule has 0 fully saturated rings. The van der Waals surface area contributed by atoms with E-state index in [1.165, 1.54) is 0 Å². The van der Waals surface area contributed by atoms with Gasteiger partial charge in [-0.15, -0.1) is 0 Å². The van der Waals surface area contributed by atoms with Gasteiger partial charge < -0.3 is 5.11 Å². The molecule has 0 radical (unpaired) electrons. The van der Waals surface area contributed by atoms with E-state index in [-0.39, 0.29) is 17.4 Å². The second-order valence-electron chi connectivity index (χ2n) is 6.61. The molecule has 0 aromatic carbocycles. The third-order valence-electron chi connectivity index (χ3n) is 4.76. The van der Waals surface area contributed by atoms with Gasteiger partial charge in [-0.25, -0.2) is 0 Å². The maximum Gasteiger partial charge on any atom is 0.0462 e. The van der Waals surface area contributed by atoms with E-state index in [2.05, 4.69) is 86.8 Å². The van der Waals surface area contributed by atoms with Crippen molar-refractivity contribution >= 4 is 0 Å². The molecule has 1 heteroatoms. The number of aliphatic hydroxyl groups is 1. The van der Waals surface area contributed by atoms with Gasteiger partial charge in [0.25, 0.3) is 0 Å². The van der Waals surface area contributed by atoms with Crippen molar-refractivity contribution in [2.75, 3.05) is 6.61 Å². The summed E-state index contributed by atoms with van der Waals surface area (Å²) in [7, 11) is 0. The molecule has 1 nitrogen and oxygen atoms in total. The first kappa shape index (κ1) is 17.7. The summed E-state index contributed by atoms with van der Waals surface area (Å²) in [6.45, 7) is 4.56. The fraction of sp³-hybridized carbons (Fsp3) is 0.455. The van der Waals surface area contributed by atoms with Crippen LogP contribution >= 0.6 is 0 Å². The van der Waals surface area contributed by atoms with E-state index < -0.39 is 0 Å². The molecule has 0 saturated carbocycles. The van der Waals surface area contributed by atoms with Gasteiger partial charge in [0, 0.05) is 17.4 Å². The zero-order valence-corrected chi connectivity index (χ0v) is 14.5. The lowest BCUT2D eigenvalue weighted by Gasteiger charge is -2.31. The molecule has 1 unspecified atom stereocenters. The summed E-state index contributed by atoms with van der Waals surface area (Å²) in [5.74, 6) is 0.366. The molecule has 2 aliphatic carbocycles. The van der Waals surface area contributed by atoms with E-state index in [4.69, 9.17) is 0 Å².